The van der Waals surface area contributed by atoms with E-state index in [0.717, 1.165) is 6.20 Å². The molecule has 0 unspecified atom stereocenters. The van der Waals surface area contributed by atoms with Crippen LogP contribution < -0.4 is 11.1 Å². The molecule has 0 amide bonds. The number of fused-ring (bicyclic) bond motifs is 1. The average molecular weight is 174 g/mol. The molecule has 1 N–H and O–H groups in total. The molecular weight excluding hydrogens is 168 g/mol. The maximum atomic E-state index is 11.3. The second-order valence-electron chi connectivity index (χ2n) is 2.59. The van der Waals surface area contributed by atoms with Crippen molar-refractivity contribution < 1.29 is 0 Å². The molecule has 0 spiro atoms. The Labute approximate surface area is 72.9 Å². The van der Waals surface area contributed by atoms with E-state index in [-0.39, 0.29) is 0 Å². The molecule has 0 atom stereocenters. The van der Waals surface area contributed by atoms with Crippen molar-refractivity contribution >= 4 is 10.9 Å². The highest BCUT2D eigenvalue weighted by molar-refractivity contribution is 5.76. The molecule has 1 aromatic carbocycles. The number of nitrogens with zero attached hydrogens (tertiary/aromatic N) is 1. The molecule has 4 nitrogen and oxygen atoms in total. The fourth-order valence-corrected chi connectivity index (χ4v) is 1.12. The van der Waals surface area contributed by atoms with Crippen LogP contribution in [0.2, 0.25) is 0 Å². The van der Waals surface area contributed by atoms with Crippen LogP contribution in [0.1, 0.15) is 0 Å². The van der Waals surface area contributed by atoms with Crippen molar-refractivity contribution in [1.82, 2.24) is 9.97 Å². The first kappa shape index (κ1) is 7.67. The van der Waals surface area contributed by atoms with Gasteiger partial charge in [-0.1, -0.05) is 12.1 Å². The summed E-state index contributed by atoms with van der Waals surface area (Å²) in [6, 6.07) is 6.80. The van der Waals surface area contributed by atoms with Gasteiger partial charge in [-0.05, 0) is 12.1 Å². The van der Waals surface area contributed by atoms with Crippen molar-refractivity contribution in [3.8, 4) is 0 Å². The summed E-state index contributed by atoms with van der Waals surface area (Å²) in [7, 11) is 0. The van der Waals surface area contributed by atoms with Gasteiger partial charge in [-0.25, -0.2) is 0 Å². The normalized spacial score (nSPS) is 10.2. The molecule has 13 heavy (non-hydrogen) atoms. The number of aromatic amines is 1. The van der Waals surface area contributed by atoms with Gasteiger partial charge in [0.2, 0.25) is 0 Å². The Morgan fingerprint density at radius 1 is 1.15 bits per heavy atom. The van der Waals surface area contributed by atoms with E-state index in [4.69, 9.17) is 0 Å². The number of benzene rings is 1. The molecule has 64 valence electrons. The first-order chi connectivity index (χ1) is 6.27. The van der Waals surface area contributed by atoms with Gasteiger partial charge in [0.25, 0.3) is 11.1 Å². The SMILES string of the molecule is O=c1cnc2ccccc2c(=O)[nH]1. The maximum Gasteiger partial charge on any atom is 0.269 e. The largest absolute Gasteiger partial charge is 0.287 e. The van der Waals surface area contributed by atoms with Crippen molar-refractivity contribution in [1.29, 1.82) is 0 Å². The van der Waals surface area contributed by atoms with Gasteiger partial charge in [-0.15, -0.1) is 0 Å². The predicted octanol–water partition coefficient (Wildman–Crippen LogP) is 0.283. The van der Waals surface area contributed by atoms with E-state index in [1.54, 1.807) is 24.3 Å². The van der Waals surface area contributed by atoms with Crippen LogP contribution in [0.25, 0.3) is 10.9 Å². The van der Waals surface area contributed by atoms with Crippen LogP contribution in [-0.4, -0.2) is 9.97 Å². The molecule has 2 aromatic rings. The van der Waals surface area contributed by atoms with Gasteiger partial charge in [-0.3, -0.25) is 19.6 Å². The summed E-state index contributed by atoms with van der Waals surface area (Å²) in [6.07, 6.45) is 1.10. The summed E-state index contributed by atoms with van der Waals surface area (Å²) in [5, 5.41) is 0.421. The van der Waals surface area contributed by atoms with E-state index in [2.05, 4.69) is 9.97 Å². The fourth-order valence-electron chi connectivity index (χ4n) is 1.12. The number of H-pyrrole nitrogens is 1. The third kappa shape index (κ3) is 1.33. The molecule has 0 radical (unpaired) electrons. The summed E-state index contributed by atoms with van der Waals surface area (Å²) in [6.45, 7) is 0. The van der Waals surface area contributed by atoms with Crippen LogP contribution in [0.5, 0.6) is 0 Å². The van der Waals surface area contributed by atoms with Gasteiger partial charge in [-0.2, -0.15) is 0 Å². The lowest BCUT2D eigenvalue weighted by Gasteiger charge is -1.85. The number of para-hydroxylation sites is 1. The van der Waals surface area contributed by atoms with E-state index in [9.17, 15) is 9.59 Å². The molecule has 0 bridgehead atoms. The zero-order chi connectivity index (χ0) is 9.26. The van der Waals surface area contributed by atoms with E-state index < -0.39 is 11.1 Å². The highest BCUT2D eigenvalue weighted by Gasteiger charge is 1.95. The lowest BCUT2D eigenvalue weighted by molar-refractivity contribution is 1.20. The van der Waals surface area contributed by atoms with Crippen LogP contribution >= 0.6 is 0 Å². The summed E-state index contributed by atoms with van der Waals surface area (Å²) >= 11 is 0. The Hall–Kier alpha value is -1.97. The molecule has 0 saturated carbocycles. The van der Waals surface area contributed by atoms with Crippen LogP contribution in [0.3, 0.4) is 0 Å². The molecule has 0 saturated heterocycles. The Bertz CT molecular complexity index is 560. The number of nitrogens with one attached hydrogen (secondary N) is 1. The minimum Gasteiger partial charge on any atom is -0.287 e. The maximum absolute atomic E-state index is 11.3. The molecular formula is C9H6N2O2. The standard InChI is InChI=1S/C9H6N2O2/c12-8-5-10-7-4-2-1-3-6(7)9(13)11-8/h1-5H,(H,11,12,13). The summed E-state index contributed by atoms with van der Waals surface area (Å²) in [5.41, 5.74) is -0.370. The van der Waals surface area contributed by atoms with Crippen LogP contribution in [0.4, 0.5) is 0 Å². The third-order valence-electron chi connectivity index (χ3n) is 1.71. The zero-order valence-corrected chi connectivity index (χ0v) is 6.65. The Kier molecular flexibility index (Phi) is 1.66. The van der Waals surface area contributed by atoms with Crippen LogP contribution in [-0.2, 0) is 0 Å². The van der Waals surface area contributed by atoms with Crippen molar-refractivity contribution in [2.24, 2.45) is 0 Å². The smallest absolute Gasteiger partial charge is 0.269 e. The zero-order valence-electron chi connectivity index (χ0n) is 6.65. The number of rotatable bonds is 0. The highest BCUT2D eigenvalue weighted by Crippen LogP contribution is 2.01. The Balaban J connectivity index is 3.11. The second-order valence-corrected chi connectivity index (χ2v) is 2.59. The van der Waals surface area contributed by atoms with Gasteiger partial charge >= 0.3 is 0 Å². The highest BCUT2D eigenvalue weighted by atomic mass is 16.2. The number of hydrogen-bond acceptors (Lipinski definition) is 3. The van der Waals surface area contributed by atoms with Gasteiger partial charge in [0.15, 0.2) is 0 Å². The van der Waals surface area contributed by atoms with Gasteiger partial charge in [0.1, 0.15) is 0 Å². The van der Waals surface area contributed by atoms with Crippen LogP contribution in [0.15, 0.2) is 40.1 Å². The van der Waals surface area contributed by atoms with Crippen molar-refractivity contribution in [2.75, 3.05) is 0 Å². The van der Waals surface area contributed by atoms with Gasteiger partial charge in [0, 0.05) is 0 Å². The average Bonchev–Trinajstić information content (AvgIpc) is 2.27. The first-order valence-electron chi connectivity index (χ1n) is 3.76. The molecule has 1 aromatic heterocycles. The number of aromatic nitrogens is 2. The summed E-state index contributed by atoms with van der Waals surface area (Å²) in [5.74, 6) is 0. The summed E-state index contributed by atoms with van der Waals surface area (Å²) < 4.78 is 0. The van der Waals surface area contributed by atoms with E-state index in [1.807, 2.05) is 0 Å². The Morgan fingerprint density at radius 3 is 2.77 bits per heavy atom. The minimum atomic E-state index is -0.485. The molecule has 0 aliphatic rings. The van der Waals surface area contributed by atoms with Crippen molar-refractivity contribution in [3.63, 3.8) is 0 Å². The first-order valence-corrected chi connectivity index (χ1v) is 3.76. The fraction of sp³-hybridized carbons (Fsp3) is 0. The molecule has 1 heterocycles. The predicted molar refractivity (Wildman–Crippen MR) is 48.6 cm³/mol. The lowest BCUT2D eigenvalue weighted by Crippen LogP contribution is -2.12. The van der Waals surface area contributed by atoms with Crippen LogP contribution in [0, 0.1) is 0 Å². The quantitative estimate of drug-likeness (QED) is 0.624. The monoisotopic (exact) mass is 174 g/mol. The van der Waals surface area contributed by atoms with Gasteiger partial charge < -0.3 is 0 Å². The molecule has 4 heteroatoms. The van der Waals surface area contributed by atoms with E-state index in [1.165, 1.54) is 0 Å². The third-order valence-corrected chi connectivity index (χ3v) is 1.71. The van der Waals surface area contributed by atoms with Crippen molar-refractivity contribution in [3.05, 3.63) is 51.2 Å². The topological polar surface area (TPSA) is 62.8 Å². The number of hydrogen-bond donors (Lipinski definition) is 1. The van der Waals surface area contributed by atoms with E-state index >= 15 is 0 Å². The van der Waals surface area contributed by atoms with Crippen molar-refractivity contribution in [2.45, 2.75) is 0 Å². The lowest BCUT2D eigenvalue weighted by atomic mass is 10.2. The Morgan fingerprint density at radius 2 is 1.92 bits per heavy atom. The van der Waals surface area contributed by atoms with E-state index in [0.29, 0.717) is 10.9 Å². The molecule has 0 aliphatic heterocycles. The second kappa shape index (κ2) is 2.82. The minimum absolute atomic E-state index is 0.405. The molecule has 2 rings (SSSR count). The van der Waals surface area contributed by atoms with Gasteiger partial charge in [0.05, 0.1) is 17.1 Å². The molecule has 0 aliphatic carbocycles. The molecule has 0 fully saturated rings. The summed E-state index contributed by atoms with van der Waals surface area (Å²) in [4.78, 5) is 28.2.